The monoisotopic (exact) mass is 287 g/mol. The van der Waals surface area contributed by atoms with Gasteiger partial charge in [-0.2, -0.15) is 0 Å². The summed E-state index contributed by atoms with van der Waals surface area (Å²) in [6.45, 7) is 1.48. The number of hydrogen-bond acceptors (Lipinski definition) is 3. The molecule has 112 valence electrons. The fourth-order valence-corrected chi connectivity index (χ4v) is 3.27. The van der Waals surface area contributed by atoms with E-state index < -0.39 is 5.97 Å². The van der Waals surface area contributed by atoms with Crippen LogP contribution in [0, 0.1) is 5.92 Å². The van der Waals surface area contributed by atoms with Crippen molar-refractivity contribution in [3.05, 3.63) is 35.6 Å². The highest BCUT2D eigenvalue weighted by atomic mass is 16.4. The second kappa shape index (κ2) is 6.31. The first kappa shape index (κ1) is 14.1. The number of fused-ring (bicyclic) bond motifs is 1. The van der Waals surface area contributed by atoms with Gasteiger partial charge >= 0.3 is 5.97 Å². The third kappa shape index (κ3) is 3.10. The van der Waals surface area contributed by atoms with E-state index in [1.54, 1.807) is 0 Å². The van der Waals surface area contributed by atoms with Gasteiger partial charge in [-0.1, -0.05) is 43.9 Å². The first-order valence-corrected chi connectivity index (χ1v) is 7.70. The molecular weight excluding hydrogens is 266 g/mol. The summed E-state index contributed by atoms with van der Waals surface area (Å²) in [7, 11) is 0. The van der Waals surface area contributed by atoms with Crippen LogP contribution in [0.15, 0.2) is 28.7 Å². The number of furan rings is 1. The molecule has 0 radical (unpaired) electrons. The molecule has 0 bridgehead atoms. The van der Waals surface area contributed by atoms with Crippen LogP contribution < -0.4 is 5.32 Å². The average Bonchev–Trinajstić information content (AvgIpc) is 3.11. The van der Waals surface area contributed by atoms with E-state index in [0.717, 1.165) is 23.4 Å². The third-order valence-corrected chi connectivity index (χ3v) is 4.40. The lowest BCUT2D eigenvalue weighted by Crippen LogP contribution is -2.18. The van der Waals surface area contributed by atoms with Gasteiger partial charge < -0.3 is 14.8 Å². The molecule has 1 saturated carbocycles. The largest absolute Gasteiger partial charge is 0.475 e. The standard InChI is InChI=1S/C17H21NO3/c19-17(20)16-14(13-7-3-4-8-15(13)21-16)11-18-10-9-12-5-1-2-6-12/h3-4,7-8,12,18H,1-2,5-6,9-11H2,(H,19,20). The molecule has 1 aliphatic rings. The molecule has 4 nitrogen and oxygen atoms in total. The van der Waals surface area contributed by atoms with Gasteiger partial charge in [0.05, 0.1) is 0 Å². The summed E-state index contributed by atoms with van der Waals surface area (Å²) in [6, 6.07) is 7.49. The number of hydrogen-bond donors (Lipinski definition) is 2. The topological polar surface area (TPSA) is 62.5 Å². The summed E-state index contributed by atoms with van der Waals surface area (Å²) >= 11 is 0. The van der Waals surface area contributed by atoms with Gasteiger partial charge in [0.2, 0.25) is 5.76 Å². The second-order valence-electron chi connectivity index (χ2n) is 5.83. The summed E-state index contributed by atoms with van der Waals surface area (Å²) in [4.78, 5) is 11.3. The van der Waals surface area contributed by atoms with Crippen molar-refractivity contribution in [1.29, 1.82) is 0 Å². The highest BCUT2D eigenvalue weighted by molar-refractivity contribution is 5.95. The fraction of sp³-hybridized carbons (Fsp3) is 0.471. The molecule has 2 aromatic rings. The number of para-hydroxylation sites is 1. The molecule has 3 rings (SSSR count). The van der Waals surface area contributed by atoms with Crippen LogP contribution in [-0.4, -0.2) is 17.6 Å². The lowest BCUT2D eigenvalue weighted by molar-refractivity contribution is 0.0663. The molecule has 0 amide bonds. The molecule has 0 aliphatic heterocycles. The molecule has 1 fully saturated rings. The Kier molecular flexibility index (Phi) is 4.25. The molecule has 1 heterocycles. The first-order valence-electron chi connectivity index (χ1n) is 7.70. The van der Waals surface area contributed by atoms with Crippen molar-refractivity contribution in [3.63, 3.8) is 0 Å². The van der Waals surface area contributed by atoms with Crippen molar-refractivity contribution in [3.8, 4) is 0 Å². The molecule has 1 aromatic carbocycles. The van der Waals surface area contributed by atoms with Gasteiger partial charge in [0.25, 0.3) is 0 Å². The Morgan fingerprint density at radius 3 is 2.81 bits per heavy atom. The Morgan fingerprint density at radius 1 is 1.29 bits per heavy atom. The van der Waals surface area contributed by atoms with Crippen LogP contribution in [0.4, 0.5) is 0 Å². The summed E-state index contributed by atoms with van der Waals surface area (Å²) in [6.07, 6.45) is 6.59. The number of carboxylic acids is 1. The molecule has 4 heteroatoms. The van der Waals surface area contributed by atoms with Gasteiger partial charge in [-0.05, 0) is 24.9 Å². The van der Waals surface area contributed by atoms with E-state index in [1.165, 1.54) is 32.1 Å². The maximum absolute atomic E-state index is 11.3. The highest BCUT2D eigenvalue weighted by Crippen LogP contribution is 2.28. The minimum Gasteiger partial charge on any atom is -0.475 e. The van der Waals surface area contributed by atoms with Crippen LogP contribution in [0.5, 0.6) is 0 Å². The van der Waals surface area contributed by atoms with E-state index in [2.05, 4.69) is 5.32 Å². The molecule has 2 N–H and O–H groups in total. The van der Waals surface area contributed by atoms with E-state index in [9.17, 15) is 9.90 Å². The average molecular weight is 287 g/mol. The van der Waals surface area contributed by atoms with Gasteiger partial charge in [-0.3, -0.25) is 0 Å². The zero-order valence-corrected chi connectivity index (χ0v) is 12.1. The summed E-state index contributed by atoms with van der Waals surface area (Å²) in [5.41, 5.74) is 1.40. The number of nitrogens with one attached hydrogen (secondary N) is 1. The van der Waals surface area contributed by atoms with Crippen LogP contribution in [-0.2, 0) is 6.54 Å². The van der Waals surface area contributed by atoms with Gasteiger partial charge in [0, 0.05) is 17.5 Å². The smallest absolute Gasteiger partial charge is 0.372 e. The maximum Gasteiger partial charge on any atom is 0.372 e. The normalized spacial score (nSPS) is 15.8. The Labute approximate surface area is 124 Å². The lowest BCUT2D eigenvalue weighted by atomic mass is 10.0. The van der Waals surface area contributed by atoms with E-state index >= 15 is 0 Å². The Morgan fingerprint density at radius 2 is 2.05 bits per heavy atom. The number of benzene rings is 1. The zero-order chi connectivity index (χ0) is 14.7. The minimum atomic E-state index is -1.00. The maximum atomic E-state index is 11.3. The van der Waals surface area contributed by atoms with Crippen molar-refractivity contribution in [2.45, 2.75) is 38.6 Å². The Bertz CT molecular complexity index is 626. The van der Waals surface area contributed by atoms with Crippen molar-refractivity contribution in [1.82, 2.24) is 5.32 Å². The zero-order valence-electron chi connectivity index (χ0n) is 12.1. The molecule has 1 aromatic heterocycles. The van der Waals surface area contributed by atoms with Crippen LogP contribution in [0.3, 0.4) is 0 Å². The molecular formula is C17H21NO3. The predicted octanol–water partition coefficient (Wildman–Crippen LogP) is 3.80. The number of aromatic carboxylic acids is 1. The lowest BCUT2D eigenvalue weighted by Gasteiger charge is -2.09. The van der Waals surface area contributed by atoms with E-state index in [1.807, 2.05) is 24.3 Å². The summed E-state index contributed by atoms with van der Waals surface area (Å²) < 4.78 is 5.45. The van der Waals surface area contributed by atoms with Crippen LogP contribution in [0.2, 0.25) is 0 Å². The molecule has 21 heavy (non-hydrogen) atoms. The molecule has 1 aliphatic carbocycles. The van der Waals surface area contributed by atoms with Gasteiger partial charge in [0.15, 0.2) is 0 Å². The van der Waals surface area contributed by atoms with Gasteiger partial charge in [-0.15, -0.1) is 0 Å². The Balaban J connectivity index is 1.67. The SMILES string of the molecule is O=C(O)c1oc2ccccc2c1CNCCC1CCCC1. The van der Waals surface area contributed by atoms with E-state index in [-0.39, 0.29) is 5.76 Å². The number of carboxylic acid groups (broad SMARTS) is 1. The van der Waals surface area contributed by atoms with Crippen LogP contribution in [0.25, 0.3) is 11.0 Å². The van der Waals surface area contributed by atoms with E-state index in [4.69, 9.17) is 4.42 Å². The Hall–Kier alpha value is -1.81. The predicted molar refractivity (Wildman–Crippen MR) is 81.5 cm³/mol. The van der Waals surface area contributed by atoms with Gasteiger partial charge in [0.1, 0.15) is 5.58 Å². The second-order valence-corrected chi connectivity index (χ2v) is 5.83. The van der Waals surface area contributed by atoms with Gasteiger partial charge in [-0.25, -0.2) is 4.79 Å². The summed E-state index contributed by atoms with van der Waals surface area (Å²) in [5.74, 6) is -0.0964. The van der Waals surface area contributed by atoms with Crippen molar-refractivity contribution >= 4 is 16.9 Å². The number of carbonyl (C=O) groups is 1. The number of rotatable bonds is 6. The van der Waals surface area contributed by atoms with Crippen LogP contribution in [0.1, 0.15) is 48.2 Å². The molecule has 0 saturated heterocycles. The van der Waals surface area contributed by atoms with Crippen molar-refractivity contribution in [2.75, 3.05) is 6.54 Å². The minimum absolute atomic E-state index is 0.0598. The van der Waals surface area contributed by atoms with E-state index in [0.29, 0.717) is 12.1 Å². The fourth-order valence-electron chi connectivity index (χ4n) is 3.27. The van der Waals surface area contributed by atoms with Crippen molar-refractivity contribution < 1.29 is 14.3 Å². The summed E-state index contributed by atoms with van der Waals surface area (Å²) in [5, 5.41) is 13.5. The molecule has 0 unspecified atom stereocenters. The third-order valence-electron chi connectivity index (χ3n) is 4.40. The van der Waals surface area contributed by atoms with Crippen LogP contribution >= 0.6 is 0 Å². The quantitative estimate of drug-likeness (QED) is 0.793. The highest BCUT2D eigenvalue weighted by Gasteiger charge is 2.19. The molecule has 0 spiro atoms. The van der Waals surface area contributed by atoms with Crippen molar-refractivity contribution in [2.24, 2.45) is 5.92 Å². The first-order chi connectivity index (χ1) is 10.3. The molecule has 0 atom stereocenters.